The molecule has 2 atom stereocenters. The summed E-state index contributed by atoms with van der Waals surface area (Å²) in [6.07, 6.45) is 3.89. The standard InChI is InChI=1S/C14H20FNO/c1-16(13-3-2-4-14(17)9-13)10-11-5-7-12(15)8-6-11/h5-8,13-14,17H,2-4,9-10H2,1H3. The molecule has 1 saturated carbocycles. The first-order valence-corrected chi connectivity index (χ1v) is 6.28. The molecule has 1 aliphatic rings. The van der Waals surface area contributed by atoms with Gasteiger partial charge in [0.15, 0.2) is 0 Å². The van der Waals surface area contributed by atoms with E-state index < -0.39 is 0 Å². The number of benzene rings is 1. The molecule has 1 fully saturated rings. The van der Waals surface area contributed by atoms with E-state index in [1.54, 1.807) is 0 Å². The van der Waals surface area contributed by atoms with Gasteiger partial charge in [0.05, 0.1) is 6.10 Å². The van der Waals surface area contributed by atoms with Gasteiger partial charge < -0.3 is 5.11 Å². The Morgan fingerprint density at radius 1 is 1.29 bits per heavy atom. The van der Waals surface area contributed by atoms with Crippen LogP contribution in [0.5, 0.6) is 0 Å². The monoisotopic (exact) mass is 237 g/mol. The summed E-state index contributed by atoms with van der Waals surface area (Å²) in [5, 5.41) is 9.65. The van der Waals surface area contributed by atoms with E-state index in [0.717, 1.165) is 37.8 Å². The van der Waals surface area contributed by atoms with Crippen molar-refractivity contribution in [2.75, 3.05) is 7.05 Å². The van der Waals surface area contributed by atoms with Crippen LogP contribution in [0.2, 0.25) is 0 Å². The topological polar surface area (TPSA) is 23.5 Å². The normalized spacial score (nSPS) is 25.2. The van der Waals surface area contributed by atoms with Crippen molar-refractivity contribution in [2.24, 2.45) is 0 Å². The smallest absolute Gasteiger partial charge is 0.123 e. The molecule has 0 radical (unpaired) electrons. The fourth-order valence-corrected chi connectivity index (χ4v) is 2.55. The second-order valence-corrected chi connectivity index (χ2v) is 5.02. The quantitative estimate of drug-likeness (QED) is 0.873. The molecule has 94 valence electrons. The van der Waals surface area contributed by atoms with E-state index in [1.165, 1.54) is 12.1 Å². The van der Waals surface area contributed by atoms with E-state index in [4.69, 9.17) is 0 Å². The van der Waals surface area contributed by atoms with Crippen molar-refractivity contribution < 1.29 is 9.50 Å². The third-order valence-corrected chi connectivity index (χ3v) is 3.59. The van der Waals surface area contributed by atoms with Crippen LogP contribution in [-0.2, 0) is 6.54 Å². The minimum atomic E-state index is -0.190. The van der Waals surface area contributed by atoms with E-state index in [2.05, 4.69) is 11.9 Å². The fraction of sp³-hybridized carbons (Fsp3) is 0.571. The summed E-state index contributed by atoms with van der Waals surface area (Å²) in [6, 6.07) is 7.09. The van der Waals surface area contributed by atoms with Gasteiger partial charge in [-0.2, -0.15) is 0 Å². The van der Waals surface area contributed by atoms with Crippen LogP contribution in [0.15, 0.2) is 24.3 Å². The average molecular weight is 237 g/mol. The lowest BCUT2D eigenvalue weighted by molar-refractivity contribution is 0.0700. The van der Waals surface area contributed by atoms with Crippen molar-refractivity contribution in [3.05, 3.63) is 35.6 Å². The van der Waals surface area contributed by atoms with Gasteiger partial charge >= 0.3 is 0 Å². The largest absolute Gasteiger partial charge is 0.393 e. The highest BCUT2D eigenvalue weighted by Crippen LogP contribution is 2.23. The van der Waals surface area contributed by atoms with Gasteiger partial charge in [-0.3, -0.25) is 4.90 Å². The molecule has 0 heterocycles. The number of hydrogen-bond donors (Lipinski definition) is 1. The van der Waals surface area contributed by atoms with Crippen molar-refractivity contribution in [1.29, 1.82) is 0 Å². The first-order chi connectivity index (χ1) is 8.15. The van der Waals surface area contributed by atoms with Gasteiger partial charge in [0, 0.05) is 12.6 Å². The van der Waals surface area contributed by atoms with E-state index in [0.29, 0.717) is 6.04 Å². The Hall–Kier alpha value is -0.930. The maximum Gasteiger partial charge on any atom is 0.123 e. The lowest BCUT2D eigenvalue weighted by Crippen LogP contribution is -2.37. The summed E-state index contributed by atoms with van der Waals surface area (Å²) in [6.45, 7) is 0.817. The zero-order valence-electron chi connectivity index (χ0n) is 10.3. The highest BCUT2D eigenvalue weighted by Gasteiger charge is 2.23. The molecule has 1 N–H and O–H groups in total. The maximum atomic E-state index is 12.8. The lowest BCUT2D eigenvalue weighted by Gasteiger charge is -2.33. The molecular weight excluding hydrogens is 217 g/mol. The molecule has 2 unspecified atom stereocenters. The van der Waals surface area contributed by atoms with Crippen LogP contribution in [0.25, 0.3) is 0 Å². The van der Waals surface area contributed by atoms with Crippen LogP contribution in [0, 0.1) is 5.82 Å². The average Bonchev–Trinajstić information content (AvgIpc) is 2.32. The number of halogens is 1. The van der Waals surface area contributed by atoms with E-state index >= 15 is 0 Å². The number of hydrogen-bond acceptors (Lipinski definition) is 2. The van der Waals surface area contributed by atoms with Crippen molar-refractivity contribution in [3.8, 4) is 0 Å². The van der Waals surface area contributed by atoms with Crippen LogP contribution in [0.4, 0.5) is 4.39 Å². The molecular formula is C14H20FNO. The lowest BCUT2D eigenvalue weighted by atomic mass is 9.92. The Balaban J connectivity index is 1.91. The first-order valence-electron chi connectivity index (χ1n) is 6.28. The van der Waals surface area contributed by atoms with Crippen molar-refractivity contribution in [1.82, 2.24) is 4.90 Å². The molecule has 0 spiro atoms. The third-order valence-electron chi connectivity index (χ3n) is 3.59. The zero-order valence-corrected chi connectivity index (χ0v) is 10.3. The maximum absolute atomic E-state index is 12.8. The van der Waals surface area contributed by atoms with Crippen LogP contribution < -0.4 is 0 Å². The minimum Gasteiger partial charge on any atom is -0.393 e. The molecule has 2 nitrogen and oxygen atoms in total. The van der Waals surface area contributed by atoms with Gasteiger partial charge in [-0.25, -0.2) is 4.39 Å². The molecule has 0 aromatic heterocycles. The Morgan fingerprint density at radius 3 is 2.65 bits per heavy atom. The first kappa shape index (κ1) is 12.5. The molecule has 17 heavy (non-hydrogen) atoms. The number of aliphatic hydroxyl groups excluding tert-OH is 1. The molecule has 1 aromatic carbocycles. The van der Waals surface area contributed by atoms with Crippen LogP contribution in [0.3, 0.4) is 0 Å². The molecule has 2 rings (SSSR count). The van der Waals surface area contributed by atoms with Gasteiger partial charge in [0.1, 0.15) is 5.82 Å². The Labute approximate surface area is 102 Å². The molecule has 0 saturated heterocycles. The van der Waals surface area contributed by atoms with E-state index in [9.17, 15) is 9.50 Å². The summed E-state index contributed by atoms with van der Waals surface area (Å²) in [4.78, 5) is 2.26. The van der Waals surface area contributed by atoms with Crippen molar-refractivity contribution in [3.63, 3.8) is 0 Å². The summed E-state index contributed by atoms with van der Waals surface area (Å²) < 4.78 is 12.8. The van der Waals surface area contributed by atoms with Crippen LogP contribution in [-0.4, -0.2) is 29.2 Å². The highest BCUT2D eigenvalue weighted by atomic mass is 19.1. The van der Waals surface area contributed by atoms with E-state index in [-0.39, 0.29) is 11.9 Å². The summed E-state index contributed by atoms with van der Waals surface area (Å²) in [5.41, 5.74) is 1.12. The SMILES string of the molecule is CN(Cc1ccc(F)cc1)C1CCCC(O)C1. The van der Waals surface area contributed by atoms with Gasteiger partial charge in [-0.05, 0) is 50.4 Å². The fourth-order valence-electron chi connectivity index (χ4n) is 2.55. The summed E-state index contributed by atoms with van der Waals surface area (Å²) in [7, 11) is 2.08. The van der Waals surface area contributed by atoms with Gasteiger partial charge in [0.25, 0.3) is 0 Å². The zero-order chi connectivity index (χ0) is 12.3. The minimum absolute atomic E-state index is 0.149. The molecule has 3 heteroatoms. The molecule has 0 aliphatic heterocycles. The Bertz CT molecular complexity index is 352. The molecule has 1 aromatic rings. The summed E-state index contributed by atoms with van der Waals surface area (Å²) >= 11 is 0. The number of nitrogens with zero attached hydrogens (tertiary/aromatic N) is 1. The second-order valence-electron chi connectivity index (χ2n) is 5.02. The van der Waals surface area contributed by atoms with Gasteiger partial charge in [0.2, 0.25) is 0 Å². The molecule has 1 aliphatic carbocycles. The second kappa shape index (κ2) is 5.61. The Kier molecular flexibility index (Phi) is 4.13. The Morgan fingerprint density at radius 2 is 2.00 bits per heavy atom. The van der Waals surface area contributed by atoms with E-state index in [1.807, 2.05) is 12.1 Å². The third kappa shape index (κ3) is 3.51. The summed E-state index contributed by atoms with van der Waals surface area (Å²) in [5.74, 6) is -0.190. The van der Waals surface area contributed by atoms with Gasteiger partial charge in [-0.15, -0.1) is 0 Å². The van der Waals surface area contributed by atoms with Crippen molar-refractivity contribution in [2.45, 2.75) is 44.4 Å². The molecule has 0 bridgehead atoms. The van der Waals surface area contributed by atoms with Crippen molar-refractivity contribution >= 4 is 0 Å². The van der Waals surface area contributed by atoms with Gasteiger partial charge in [-0.1, -0.05) is 12.1 Å². The predicted octanol–water partition coefficient (Wildman–Crippen LogP) is 2.56. The molecule has 0 amide bonds. The number of rotatable bonds is 3. The highest BCUT2D eigenvalue weighted by molar-refractivity contribution is 5.15. The predicted molar refractivity (Wildman–Crippen MR) is 66.1 cm³/mol. The van der Waals surface area contributed by atoms with Crippen LogP contribution >= 0.6 is 0 Å². The number of aliphatic hydroxyl groups is 1. The van der Waals surface area contributed by atoms with Crippen LogP contribution in [0.1, 0.15) is 31.2 Å².